The predicted molar refractivity (Wildman–Crippen MR) is 90.3 cm³/mol. The van der Waals surface area contributed by atoms with Gasteiger partial charge in [-0.15, -0.1) is 0 Å². The number of hydrogen-bond donors (Lipinski definition) is 1. The van der Waals surface area contributed by atoms with Gasteiger partial charge in [-0.1, -0.05) is 6.07 Å². The molecule has 0 spiro atoms. The number of rotatable bonds is 4. The fourth-order valence-corrected chi connectivity index (χ4v) is 2.92. The molecule has 8 nitrogen and oxygen atoms in total. The molecule has 0 saturated carbocycles. The van der Waals surface area contributed by atoms with Crippen LogP contribution in [0.3, 0.4) is 0 Å². The van der Waals surface area contributed by atoms with Gasteiger partial charge in [-0.25, -0.2) is 9.59 Å². The Kier molecular flexibility index (Phi) is 5.06. The number of fused-ring (bicyclic) bond motifs is 1. The predicted octanol–water partition coefficient (Wildman–Crippen LogP) is 1.35. The number of amides is 2. The number of benzene rings is 1. The van der Waals surface area contributed by atoms with Crippen molar-refractivity contribution in [3.05, 3.63) is 34.3 Å². The van der Waals surface area contributed by atoms with Gasteiger partial charge in [-0.05, 0) is 31.0 Å². The molecule has 1 N–H and O–H groups in total. The largest absolute Gasteiger partial charge is 0.450 e. The van der Waals surface area contributed by atoms with Crippen LogP contribution in [-0.4, -0.2) is 59.6 Å². The van der Waals surface area contributed by atoms with Gasteiger partial charge in [0, 0.05) is 32.6 Å². The summed E-state index contributed by atoms with van der Waals surface area (Å²) in [5.74, 6) is -0.424. The van der Waals surface area contributed by atoms with E-state index in [1.807, 2.05) is 12.1 Å². The number of nitrogens with zero attached hydrogens (tertiary/aromatic N) is 2. The van der Waals surface area contributed by atoms with Crippen LogP contribution in [0, 0.1) is 0 Å². The number of aromatic nitrogens is 1. The number of oxazole rings is 1. The fraction of sp³-hybridized carbons (Fsp3) is 0.471. The van der Waals surface area contributed by atoms with Crippen molar-refractivity contribution in [3.63, 3.8) is 0 Å². The van der Waals surface area contributed by atoms with Crippen molar-refractivity contribution in [1.82, 2.24) is 14.8 Å². The topological polar surface area (TPSA) is 95.8 Å². The van der Waals surface area contributed by atoms with Crippen LogP contribution < -0.4 is 5.76 Å². The lowest BCUT2D eigenvalue weighted by atomic mass is 10.1. The van der Waals surface area contributed by atoms with Gasteiger partial charge in [-0.3, -0.25) is 9.78 Å². The van der Waals surface area contributed by atoms with Crippen molar-refractivity contribution in [1.29, 1.82) is 0 Å². The highest BCUT2D eigenvalue weighted by Gasteiger charge is 2.24. The van der Waals surface area contributed by atoms with Crippen molar-refractivity contribution >= 4 is 23.1 Å². The first kappa shape index (κ1) is 17.1. The van der Waals surface area contributed by atoms with E-state index in [9.17, 15) is 14.4 Å². The smallest absolute Gasteiger partial charge is 0.417 e. The van der Waals surface area contributed by atoms with E-state index >= 15 is 0 Å². The summed E-state index contributed by atoms with van der Waals surface area (Å²) in [6, 6.07) is 5.41. The van der Waals surface area contributed by atoms with E-state index in [-0.39, 0.29) is 12.0 Å². The van der Waals surface area contributed by atoms with Crippen LogP contribution in [0.5, 0.6) is 0 Å². The highest BCUT2D eigenvalue weighted by atomic mass is 16.6. The second-order valence-electron chi connectivity index (χ2n) is 5.91. The molecule has 0 unspecified atom stereocenters. The number of hydrogen-bond acceptors (Lipinski definition) is 5. The minimum Gasteiger partial charge on any atom is -0.450 e. The summed E-state index contributed by atoms with van der Waals surface area (Å²) in [5.41, 5.74) is 2.11. The summed E-state index contributed by atoms with van der Waals surface area (Å²) in [5, 5.41) is 0. The Morgan fingerprint density at radius 1 is 1.20 bits per heavy atom. The van der Waals surface area contributed by atoms with E-state index in [0.717, 1.165) is 5.56 Å². The van der Waals surface area contributed by atoms with Crippen LogP contribution in [0.4, 0.5) is 4.79 Å². The molecule has 2 heterocycles. The SMILES string of the molecule is CCOC(=O)N1CCN(C(=O)CCc2ccc3oc(=O)[nH]c3c2)CC1. The first-order chi connectivity index (χ1) is 12.1. The molecule has 1 saturated heterocycles. The van der Waals surface area contributed by atoms with E-state index in [0.29, 0.717) is 56.7 Å². The molecule has 8 heteroatoms. The van der Waals surface area contributed by atoms with Crippen molar-refractivity contribution in [2.75, 3.05) is 32.8 Å². The van der Waals surface area contributed by atoms with Gasteiger partial charge in [-0.2, -0.15) is 0 Å². The average Bonchev–Trinajstić information content (AvgIpc) is 2.99. The lowest BCUT2D eigenvalue weighted by Crippen LogP contribution is -2.50. The zero-order chi connectivity index (χ0) is 17.8. The molecule has 1 aliphatic heterocycles. The van der Waals surface area contributed by atoms with Gasteiger partial charge in [0.15, 0.2) is 5.58 Å². The van der Waals surface area contributed by atoms with Gasteiger partial charge in [0.1, 0.15) is 0 Å². The van der Waals surface area contributed by atoms with Crippen LogP contribution in [0.25, 0.3) is 11.1 Å². The van der Waals surface area contributed by atoms with Crippen LogP contribution in [0.2, 0.25) is 0 Å². The van der Waals surface area contributed by atoms with Crippen molar-refractivity contribution in [2.24, 2.45) is 0 Å². The first-order valence-corrected chi connectivity index (χ1v) is 8.38. The Bertz CT molecular complexity index is 817. The normalized spacial score (nSPS) is 14.8. The quantitative estimate of drug-likeness (QED) is 0.901. The molecule has 1 aromatic heterocycles. The average molecular weight is 347 g/mol. The molecule has 25 heavy (non-hydrogen) atoms. The van der Waals surface area contributed by atoms with Gasteiger partial charge >= 0.3 is 11.8 Å². The molecule has 1 aromatic carbocycles. The molecular formula is C17H21N3O5. The van der Waals surface area contributed by atoms with E-state index in [1.165, 1.54) is 0 Å². The second-order valence-corrected chi connectivity index (χ2v) is 5.91. The zero-order valence-electron chi connectivity index (χ0n) is 14.1. The second kappa shape index (κ2) is 7.42. The number of nitrogens with one attached hydrogen (secondary N) is 1. The van der Waals surface area contributed by atoms with Crippen LogP contribution in [0.15, 0.2) is 27.4 Å². The van der Waals surface area contributed by atoms with E-state index < -0.39 is 5.76 Å². The number of ether oxygens (including phenoxy) is 1. The first-order valence-electron chi connectivity index (χ1n) is 8.38. The molecule has 0 bridgehead atoms. The molecule has 0 atom stereocenters. The van der Waals surface area contributed by atoms with E-state index in [4.69, 9.17) is 9.15 Å². The van der Waals surface area contributed by atoms with Crippen molar-refractivity contribution in [3.8, 4) is 0 Å². The Morgan fingerprint density at radius 2 is 1.92 bits per heavy atom. The molecule has 2 aromatic rings. The number of H-pyrrole nitrogens is 1. The van der Waals surface area contributed by atoms with E-state index in [1.54, 1.807) is 22.8 Å². The zero-order valence-corrected chi connectivity index (χ0v) is 14.1. The number of aryl methyl sites for hydroxylation is 1. The Morgan fingerprint density at radius 3 is 2.64 bits per heavy atom. The fourth-order valence-electron chi connectivity index (χ4n) is 2.92. The minimum absolute atomic E-state index is 0.0595. The standard InChI is InChI=1S/C17H21N3O5/c1-2-24-17(23)20-9-7-19(8-10-20)15(21)6-4-12-3-5-14-13(11-12)18-16(22)25-14/h3,5,11H,2,4,6-10H2,1H3,(H,18,22). The molecule has 1 aliphatic rings. The van der Waals surface area contributed by atoms with Crippen molar-refractivity contribution in [2.45, 2.75) is 19.8 Å². The summed E-state index contributed by atoms with van der Waals surface area (Å²) < 4.78 is 9.93. The van der Waals surface area contributed by atoms with Gasteiger partial charge in [0.05, 0.1) is 12.1 Å². The maximum Gasteiger partial charge on any atom is 0.417 e. The Hall–Kier alpha value is -2.77. The maximum atomic E-state index is 12.4. The summed E-state index contributed by atoms with van der Waals surface area (Å²) >= 11 is 0. The number of aromatic amines is 1. The Labute approximate surface area is 144 Å². The summed E-state index contributed by atoms with van der Waals surface area (Å²) in [7, 11) is 0. The highest BCUT2D eigenvalue weighted by molar-refractivity contribution is 5.77. The van der Waals surface area contributed by atoms with Crippen LogP contribution in [-0.2, 0) is 16.0 Å². The summed E-state index contributed by atoms with van der Waals surface area (Å²) in [6.07, 6.45) is 0.643. The van der Waals surface area contributed by atoms with Gasteiger partial charge in [0.25, 0.3) is 0 Å². The molecule has 0 radical (unpaired) electrons. The van der Waals surface area contributed by atoms with Crippen LogP contribution >= 0.6 is 0 Å². The monoisotopic (exact) mass is 347 g/mol. The third kappa shape index (κ3) is 4.01. The summed E-state index contributed by atoms with van der Waals surface area (Å²) in [4.78, 5) is 41.2. The van der Waals surface area contributed by atoms with Crippen LogP contribution in [0.1, 0.15) is 18.9 Å². The molecule has 134 valence electrons. The molecule has 3 rings (SSSR count). The Balaban J connectivity index is 1.50. The van der Waals surface area contributed by atoms with Crippen molar-refractivity contribution < 1.29 is 18.7 Å². The number of carbonyl (C=O) groups is 2. The lowest BCUT2D eigenvalue weighted by molar-refractivity contribution is -0.132. The van der Waals surface area contributed by atoms with E-state index in [2.05, 4.69) is 4.98 Å². The third-order valence-corrected chi connectivity index (χ3v) is 4.27. The number of carbonyl (C=O) groups excluding carboxylic acids is 2. The molecule has 0 aliphatic carbocycles. The molecular weight excluding hydrogens is 326 g/mol. The number of piperazine rings is 1. The molecule has 2 amide bonds. The van der Waals surface area contributed by atoms with Gasteiger partial charge < -0.3 is 19.0 Å². The third-order valence-electron chi connectivity index (χ3n) is 4.27. The lowest BCUT2D eigenvalue weighted by Gasteiger charge is -2.34. The molecule has 1 fully saturated rings. The summed E-state index contributed by atoms with van der Waals surface area (Å²) in [6.45, 7) is 4.15. The minimum atomic E-state index is -0.484. The van der Waals surface area contributed by atoms with Gasteiger partial charge in [0.2, 0.25) is 5.91 Å². The maximum absolute atomic E-state index is 12.4. The highest BCUT2D eigenvalue weighted by Crippen LogP contribution is 2.14.